The third kappa shape index (κ3) is 3.65. The highest BCUT2D eigenvalue weighted by atomic mass is 32.2. The first kappa shape index (κ1) is 15.4. The van der Waals surface area contributed by atoms with E-state index in [2.05, 4.69) is 20.5 Å². The quantitative estimate of drug-likeness (QED) is 0.695. The Balaban J connectivity index is 1.71. The summed E-state index contributed by atoms with van der Waals surface area (Å²) in [5.74, 6) is 2.04. The van der Waals surface area contributed by atoms with Crippen LogP contribution in [0, 0.1) is 0 Å². The normalized spacial score (nSPS) is 12.2. The molecule has 1 amide bonds. The molecular formula is C15H17N5O2S. The number of aromatic nitrogens is 4. The lowest BCUT2D eigenvalue weighted by Crippen LogP contribution is -2.26. The van der Waals surface area contributed by atoms with E-state index in [1.807, 2.05) is 35.3 Å². The topological polar surface area (TPSA) is 88.7 Å². The molecule has 0 unspecified atom stereocenters. The number of hydrogen-bond acceptors (Lipinski definition) is 5. The van der Waals surface area contributed by atoms with Crippen LogP contribution in [-0.2, 0) is 4.79 Å². The lowest BCUT2D eigenvalue weighted by molar-refractivity contribution is -0.119. The molecule has 0 aromatic carbocycles. The summed E-state index contributed by atoms with van der Waals surface area (Å²) in [5.41, 5.74) is 0. The van der Waals surface area contributed by atoms with Crippen LogP contribution in [0.3, 0.4) is 0 Å². The van der Waals surface area contributed by atoms with Gasteiger partial charge in [-0.3, -0.25) is 15.2 Å². The van der Waals surface area contributed by atoms with Gasteiger partial charge in [-0.1, -0.05) is 0 Å². The van der Waals surface area contributed by atoms with Crippen LogP contribution < -0.4 is 5.32 Å². The second-order valence-electron chi connectivity index (χ2n) is 4.90. The fourth-order valence-corrected chi connectivity index (χ4v) is 2.69. The lowest BCUT2D eigenvalue weighted by atomic mass is 10.2. The van der Waals surface area contributed by atoms with Gasteiger partial charge in [0.05, 0.1) is 6.26 Å². The standard InChI is InChI=1S/C15H17N5O2S/c1-23-10-6-11(20-7-2-3-8-20)14(21)17-15-16-13(18-19-15)12-5-4-9-22-12/h2-5,7-9,11H,6,10H2,1H3,(H2,16,17,18,19,21)/t11-/m0/s1. The molecule has 23 heavy (non-hydrogen) atoms. The van der Waals surface area contributed by atoms with Crippen LogP contribution in [0.4, 0.5) is 5.95 Å². The zero-order chi connectivity index (χ0) is 16.1. The van der Waals surface area contributed by atoms with E-state index < -0.39 is 0 Å². The van der Waals surface area contributed by atoms with Crippen molar-refractivity contribution in [1.82, 2.24) is 19.7 Å². The lowest BCUT2D eigenvalue weighted by Gasteiger charge is -2.17. The van der Waals surface area contributed by atoms with E-state index >= 15 is 0 Å². The summed E-state index contributed by atoms with van der Waals surface area (Å²) in [6.45, 7) is 0. The fraction of sp³-hybridized carbons (Fsp3) is 0.267. The minimum absolute atomic E-state index is 0.139. The highest BCUT2D eigenvalue weighted by molar-refractivity contribution is 7.98. The van der Waals surface area contributed by atoms with Crippen molar-refractivity contribution in [3.63, 3.8) is 0 Å². The number of furan rings is 1. The van der Waals surface area contributed by atoms with Crippen molar-refractivity contribution in [3.05, 3.63) is 42.9 Å². The maximum atomic E-state index is 12.6. The van der Waals surface area contributed by atoms with Gasteiger partial charge >= 0.3 is 0 Å². The molecule has 0 fully saturated rings. The van der Waals surface area contributed by atoms with Crippen LogP contribution in [0.25, 0.3) is 11.6 Å². The number of nitrogens with zero attached hydrogens (tertiary/aromatic N) is 3. The Morgan fingerprint density at radius 2 is 2.26 bits per heavy atom. The third-order valence-corrected chi connectivity index (χ3v) is 4.00. The maximum Gasteiger partial charge on any atom is 0.249 e. The number of aromatic amines is 1. The van der Waals surface area contributed by atoms with E-state index in [-0.39, 0.29) is 17.9 Å². The maximum absolute atomic E-state index is 12.6. The van der Waals surface area contributed by atoms with Crippen molar-refractivity contribution in [2.75, 3.05) is 17.3 Å². The molecule has 3 heterocycles. The molecule has 0 aliphatic carbocycles. The van der Waals surface area contributed by atoms with Gasteiger partial charge in [-0.25, -0.2) is 0 Å². The van der Waals surface area contributed by atoms with Gasteiger partial charge in [-0.15, -0.1) is 5.10 Å². The summed E-state index contributed by atoms with van der Waals surface area (Å²) in [6.07, 6.45) is 8.08. The second-order valence-corrected chi connectivity index (χ2v) is 5.89. The second kappa shape index (κ2) is 7.19. The minimum atomic E-state index is -0.289. The van der Waals surface area contributed by atoms with Crippen molar-refractivity contribution >= 4 is 23.6 Å². The Morgan fingerprint density at radius 1 is 1.43 bits per heavy atom. The molecule has 0 bridgehead atoms. The van der Waals surface area contributed by atoms with E-state index in [0.717, 1.165) is 12.2 Å². The number of amides is 1. The SMILES string of the molecule is CSCC[C@@H](C(=O)Nc1n[nH]c(-c2ccco2)n1)n1cccc1. The molecule has 7 nitrogen and oxygen atoms in total. The van der Waals surface area contributed by atoms with Crippen molar-refractivity contribution in [3.8, 4) is 11.6 Å². The Bertz CT molecular complexity index is 736. The van der Waals surface area contributed by atoms with Crippen LogP contribution in [0.15, 0.2) is 47.3 Å². The number of thioether (sulfide) groups is 1. The molecule has 3 aromatic heterocycles. The molecular weight excluding hydrogens is 314 g/mol. The van der Waals surface area contributed by atoms with E-state index in [0.29, 0.717) is 11.6 Å². The summed E-state index contributed by atoms with van der Waals surface area (Å²) in [5, 5.41) is 9.52. The minimum Gasteiger partial charge on any atom is -0.461 e. The number of rotatable bonds is 7. The first-order valence-corrected chi connectivity index (χ1v) is 8.56. The predicted octanol–water partition coefficient (Wildman–Crippen LogP) is 2.80. The first-order chi connectivity index (χ1) is 11.3. The number of nitrogens with one attached hydrogen (secondary N) is 2. The Labute approximate surface area is 137 Å². The number of H-pyrrole nitrogens is 1. The summed E-state index contributed by atoms with van der Waals surface area (Å²) in [4.78, 5) is 16.8. The van der Waals surface area contributed by atoms with Gasteiger partial charge in [0.15, 0.2) is 11.6 Å². The number of hydrogen-bond donors (Lipinski definition) is 2. The number of anilines is 1. The van der Waals surface area contributed by atoms with Crippen molar-refractivity contribution in [2.45, 2.75) is 12.5 Å². The van der Waals surface area contributed by atoms with E-state index in [4.69, 9.17) is 4.42 Å². The molecule has 3 aromatic rings. The fourth-order valence-electron chi connectivity index (χ4n) is 2.24. The van der Waals surface area contributed by atoms with E-state index in [1.54, 1.807) is 30.2 Å². The third-order valence-electron chi connectivity index (χ3n) is 3.36. The highest BCUT2D eigenvalue weighted by Crippen LogP contribution is 2.19. The van der Waals surface area contributed by atoms with Crippen LogP contribution in [-0.4, -0.2) is 37.7 Å². The number of carbonyl (C=O) groups excluding carboxylic acids is 1. The molecule has 0 saturated carbocycles. The average Bonchev–Trinajstić information content (AvgIpc) is 3.30. The van der Waals surface area contributed by atoms with Crippen LogP contribution in [0.1, 0.15) is 12.5 Å². The molecule has 120 valence electrons. The molecule has 0 radical (unpaired) electrons. The Hall–Kier alpha value is -2.48. The van der Waals surface area contributed by atoms with E-state index in [1.165, 1.54) is 0 Å². The number of carbonyl (C=O) groups is 1. The molecule has 0 saturated heterocycles. The predicted molar refractivity (Wildman–Crippen MR) is 89.2 cm³/mol. The van der Waals surface area contributed by atoms with Crippen molar-refractivity contribution in [1.29, 1.82) is 0 Å². The molecule has 2 N–H and O–H groups in total. The molecule has 8 heteroatoms. The molecule has 3 rings (SSSR count). The monoisotopic (exact) mass is 331 g/mol. The Morgan fingerprint density at radius 3 is 2.96 bits per heavy atom. The highest BCUT2D eigenvalue weighted by Gasteiger charge is 2.21. The summed E-state index contributed by atoms with van der Waals surface area (Å²) < 4.78 is 7.14. The smallest absolute Gasteiger partial charge is 0.249 e. The average molecular weight is 331 g/mol. The first-order valence-electron chi connectivity index (χ1n) is 7.16. The molecule has 0 aliphatic rings. The van der Waals surface area contributed by atoms with Gasteiger partial charge in [0, 0.05) is 12.4 Å². The summed E-state index contributed by atoms with van der Waals surface area (Å²) in [6, 6.07) is 7.05. The van der Waals surface area contributed by atoms with Gasteiger partial charge in [-0.05, 0) is 42.7 Å². The van der Waals surface area contributed by atoms with Crippen molar-refractivity contribution in [2.24, 2.45) is 0 Å². The Kier molecular flexibility index (Phi) is 4.82. The van der Waals surface area contributed by atoms with Gasteiger partial charge < -0.3 is 8.98 Å². The van der Waals surface area contributed by atoms with Crippen LogP contribution >= 0.6 is 11.8 Å². The molecule has 0 aliphatic heterocycles. The molecule has 1 atom stereocenters. The zero-order valence-electron chi connectivity index (χ0n) is 12.6. The van der Waals surface area contributed by atoms with Gasteiger partial charge in [-0.2, -0.15) is 16.7 Å². The van der Waals surface area contributed by atoms with Gasteiger partial charge in [0.2, 0.25) is 11.9 Å². The van der Waals surface area contributed by atoms with E-state index in [9.17, 15) is 4.79 Å². The zero-order valence-corrected chi connectivity index (χ0v) is 13.4. The van der Waals surface area contributed by atoms with Crippen LogP contribution in [0.5, 0.6) is 0 Å². The summed E-state index contributed by atoms with van der Waals surface area (Å²) >= 11 is 1.71. The van der Waals surface area contributed by atoms with Crippen molar-refractivity contribution < 1.29 is 9.21 Å². The molecule has 0 spiro atoms. The largest absolute Gasteiger partial charge is 0.461 e. The van der Waals surface area contributed by atoms with Gasteiger partial charge in [0.1, 0.15) is 6.04 Å². The summed E-state index contributed by atoms with van der Waals surface area (Å²) in [7, 11) is 0. The van der Waals surface area contributed by atoms with Crippen LogP contribution in [0.2, 0.25) is 0 Å². The van der Waals surface area contributed by atoms with Gasteiger partial charge in [0.25, 0.3) is 0 Å².